The molecule has 9 heteroatoms. The summed E-state index contributed by atoms with van der Waals surface area (Å²) >= 11 is 1.15. The fraction of sp³-hybridized carbons (Fsp3) is 0.167. The van der Waals surface area contributed by atoms with Gasteiger partial charge in [-0.1, -0.05) is 23.9 Å². The van der Waals surface area contributed by atoms with Gasteiger partial charge in [-0.05, 0) is 31.2 Å². The van der Waals surface area contributed by atoms with E-state index in [0.29, 0.717) is 22.8 Å². The lowest BCUT2D eigenvalue weighted by Crippen LogP contribution is -2.45. The second-order valence-corrected chi connectivity index (χ2v) is 7.16. The Morgan fingerprint density at radius 2 is 2.11 bits per heavy atom. The van der Waals surface area contributed by atoms with Crippen LogP contribution in [0.1, 0.15) is 6.92 Å². The molecule has 1 N–H and O–H groups in total. The zero-order valence-corrected chi connectivity index (χ0v) is 15.1. The maximum absolute atomic E-state index is 12.9. The molecule has 0 bridgehead atoms. The van der Waals surface area contributed by atoms with Crippen molar-refractivity contribution in [2.45, 2.75) is 17.4 Å². The van der Waals surface area contributed by atoms with E-state index in [1.807, 2.05) is 18.2 Å². The van der Waals surface area contributed by atoms with Crippen LogP contribution in [0, 0.1) is 0 Å². The summed E-state index contributed by atoms with van der Waals surface area (Å²) in [6, 6.07) is 10.8. The maximum Gasteiger partial charge on any atom is 0.277 e. The monoisotopic (exact) mass is 381 g/mol. The van der Waals surface area contributed by atoms with Gasteiger partial charge in [-0.15, -0.1) is 10.2 Å². The topological polar surface area (TPSA) is 101 Å². The van der Waals surface area contributed by atoms with Gasteiger partial charge in [-0.25, -0.2) is 0 Å². The molecule has 0 unspecified atom stereocenters. The van der Waals surface area contributed by atoms with E-state index in [2.05, 4.69) is 20.5 Å². The number of carbonyl (C=O) groups is 2. The molecule has 1 aromatic carbocycles. The van der Waals surface area contributed by atoms with Crippen molar-refractivity contribution < 1.29 is 14.0 Å². The predicted octanol–water partition coefficient (Wildman–Crippen LogP) is 2.60. The number of hydrogen-bond acceptors (Lipinski definition) is 7. The first-order chi connectivity index (χ1) is 13.1. The van der Waals surface area contributed by atoms with E-state index < -0.39 is 5.25 Å². The van der Waals surface area contributed by atoms with Crippen LogP contribution in [-0.2, 0) is 9.59 Å². The van der Waals surface area contributed by atoms with Gasteiger partial charge in [-0.3, -0.25) is 19.5 Å². The Morgan fingerprint density at radius 1 is 1.26 bits per heavy atom. The zero-order chi connectivity index (χ0) is 18.8. The van der Waals surface area contributed by atoms with Gasteiger partial charge in [0.2, 0.25) is 17.7 Å². The third kappa shape index (κ3) is 3.54. The summed E-state index contributed by atoms with van der Waals surface area (Å²) in [5.41, 5.74) is 2.00. The standard InChI is InChI=1S/C18H15N5O3S/c1-11(27-18-22-21-16(26-18)12-5-4-8-19-9-12)17(25)23-10-15(24)20-13-6-2-3-7-14(13)23/h2-9,11H,10H2,1H3,(H,20,24)/t11-/m0/s1. The number of nitrogens with one attached hydrogen (secondary N) is 1. The Labute approximate surface area is 159 Å². The average Bonchev–Trinajstić information content (AvgIpc) is 3.16. The molecule has 1 atom stereocenters. The molecule has 0 fully saturated rings. The molecular formula is C18H15N5O3S. The molecule has 2 amide bonds. The van der Waals surface area contributed by atoms with E-state index in [0.717, 1.165) is 11.8 Å². The van der Waals surface area contributed by atoms with Gasteiger partial charge in [-0.2, -0.15) is 0 Å². The molecule has 8 nitrogen and oxygen atoms in total. The summed E-state index contributed by atoms with van der Waals surface area (Å²) in [5, 5.41) is 10.5. The minimum atomic E-state index is -0.508. The number of aromatic nitrogens is 3. The number of anilines is 2. The van der Waals surface area contributed by atoms with E-state index >= 15 is 0 Å². The molecule has 1 aliphatic rings. The summed E-state index contributed by atoms with van der Waals surface area (Å²) in [7, 11) is 0. The highest BCUT2D eigenvalue weighted by Gasteiger charge is 2.31. The van der Waals surface area contributed by atoms with E-state index in [1.54, 1.807) is 37.5 Å². The number of nitrogens with zero attached hydrogens (tertiary/aromatic N) is 4. The number of benzene rings is 1. The van der Waals surface area contributed by atoms with Crippen LogP contribution in [0.5, 0.6) is 0 Å². The van der Waals surface area contributed by atoms with Crippen LogP contribution >= 0.6 is 11.8 Å². The first kappa shape index (κ1) is 17.2. The number of pyridine rings is 1. The molecular weight excluding hydrogens is 366 g/mol. The van der Waals surface area contributed by atoms with Crippen molar-refractivity contribution >= 4 is 35.0 Å². The van der Waals surface area contributed by atoms with Crippen molar-refractivity contribution in [1.29, 1.82) is 0 Å². The van der Waals surface area contributed by atoms with Crippen molar-refractivity contribution in [3.63, 3.8) is 0 Å². The first-order valence-corrected chi connectivity index (χ1v) is 9.10. The van der Waals surface area contributed by atoms with Crippen molar-refractivity contribution in [3.8, 4) is 11.5 Å². The molecule has 0 saturated carbocycles. The van der Waals surface area contributed by atoms with Gasteiger partial charge in [0.1, 0.15) is 6.54 Å². The van der Waals surface area contributed by atoms with Crippen LogP contribution < -0.4 is 10.2 Å². The number of thioether (sulfide) groups is 1. The molecule has 3 aromatic rings. The fourth-order valence-corrected chi connectivity index (χ4v) is 3.46. The van der Waals surface area contributed by atoms with E-state index in [-0.39, 0.29) is 23.6 Å². The molecule has 136 valence electrons. The Kier molecular flexibility index (Phi) is 4.59. The molecule has 4 rings (SSSR count). The van der Waals surface area contributed by atoms with Crippen molar-refractivity contribution in [2.75, 3.05) is 16.8 Å². The number of carbonyl (C=O) groups excluding carboxylic acids is 2. The van der Waals surface area contributed by atoms with Gasteiger partial charge in [0.25, 0.3) is 5.22 Å². The quantitative estimate of drug-likeness (QED) is 0.693. The molecule has 2 aromatic heterocycles. The lowest BCUT2D eigenvalue weighted by Gasteiger charge is -2.30. The number of rotatable bonds is 4. The SMILES string of the molecule is C[C@H](Sc1nnc(-c2cccnc2)o1)C(=O)N1CC(=O)Nc2ccccc21. The smallest absolute Gasteiger partial charge is 0.277 e. The van der Waals surface area contributed by atoms with Gasteiger partial charge < -0.3 is 9.73 Å². The van der Waals surface area contributed by atoms with E-state index in [4.69, 9.17) is 4.42 Å². The Bertz CT molecular complexity index is 991. The molecule has 1 aliphatic heterocycles. The Morgan fingerprint density at radius 3 is 2.93 bits per heavy atom. The molecule has 3 heterocycles. The summed E-state index contributed by atoms with van der Waals surface area (Å²) in [6.45, 7) is 1.72. The molecule has 0 radical (unpaired) electrons. The van der Waals surface area contributed by atoms with Gasteiger partial charge in [0.05, 0.1) is 22.2 Å². The second-order valence-electron chi connectivity index (χ2n) is 5.86. The predicted molar refractivity (Wildman–Crippen MR) is 100 cm³/mol. The molecule has 0 aliphatic carbocycles. The third-order valence-corrected chi connectivity index (χ3v) is 4.90. The normalized spacial score (nSPS) is 14.4. The summed E-state index contributed by atoms with van der Waals surface area (Å²) in [6.07, 6.45) is 3.28. The molecule has 0 saturated heterocycles. The van der Waals surface area contributed by atoms with Crippen molar-refractivity contribution in [2.24, 2.45) is 0 Å². The van der Waals surface area contributed by atoms with Crippen LogP contribution in [0.3, 0.4) is 0 Å². The minimum absolute atomic E-state index is 0.0223. The summed E-state index contributed by atoms with van der Waals surface area (Å²) < 4.78 is 5.62. The number of amides is 2. The van der Waals surface area contributed by atoms with Crippen LogP contribution in [0.15, 0.2) is 58.4 Å². The maximum atomic E-state index is 12.9. The lowest BCUT2D eigenvalue weighted by atomic mass is 10.2. The number of fused-ring (bicyclic) bond motifs is 1. The molecule has 0 spiro atoms. The Hall–Kier alpha value is -3.20. The summed E-state index contributed by atoms with van der Waals surface area (Å²) in [5.74, 6) is -0.0905. The average molecular weight is 381 g/mol. The highest BCUT2D eigenvalue weighted by atomic mass is 32.2. The van der Waals surface area contributed by atoms with Gasteiger partial charge in [0, 0.05) is 12.4 Å². The number of hydrogen-bond donors (Lipinski definition) is 1. The first-order valence-electron chi connectivity index (χ1n) is 8.22. The summed E-state index contributed by atoms with van der Waals surface area (Å²) in [4.78, 5) is 30.3. The highest BCUT2D eigenvalue weighted by Crippen LogP contribution is 2.32. The van der Waals surface area contributed by atoms with Crippen LogP contribution in [0.25, 0.3) is 11.5 Å². The van der Waals surface area contributed by atoms with E-state index in [1.165, 1.54) is 4.90 Å². The third-order valence-electron chi connectivity index (χ3n) is 3.98. The lowest BCUT2D eigenvalue weighted by molar-refractivity contribution is -0.121. The van der Waals surface area contributed by atoms with Crippen LogP contribution in [0.2, 0.25) is 0 Å². The second kappa shape index (κ2) is 7.20. The van der Waals surface area contributed by atoms with Crippen LogP contribution in [0.4, 0.5) is 11.4 Å². The van der Waals surface area contributed by atoms with Crippen molar-refractivity contribution in [3.05, 3.63) is 48.8 Å². The van der Waals surface area contributed by atoms with Crippen LogP contribution in [-0.4, -0.2) is 38.8 Å². The Balaban J connectivity index is 1.51. The largest absolute Gasteiger partial charge is 0.411 e. The van der Waals surface area contributed by atoms with Crippen molar-refractivity contribution in [1.82, 2.24) is 15.2 Å². The minimum Gasteiger partial charge on any atom is -0.411 e. The van der Waals surface area contributed by atoms with Gasteiger partial charge in [0.15, 0.2) is 0 Å². The van der Waals surface area contributed by atoms with E-state index in [9.17, 15) is 9.59 Å². The fourth-order valence-electron chi connectivity index (χ4n) is 2.71. The molecule has 27 heavy (non-hydrogen) atoms. The zero-order valence-electron chi connectivity index (χ0n) is 14.3. The van der Waals surface area contributed by atoms with Gasteiger partial charge >= 0.3 is 0 Å². The highest BCUT2D eigenvalue weighted by molar-refractivity contribution is 8.00. The number of para-hydroxylation sites is 2.